The molecule has 4 aromatic rings. The third-order valence-electron chi connectivity index (χ3n) is 7.47. The number of anilines is 3. The van der Waals surface area contributed by atoms with Gasteiger partial charge in [-0.25, -0.2) is 18.6 Å². The number of pyridine rings is 1. The summed E-state index contributed by atoms with van der Waals surface area (Å²) in [5.74, 6) is -0.977. The maximum Gasteiger partial charge on any atom is 0.411 e. The van der Waals surface area contributed by atoms with Crippen LogP contribution in [0.2, 0.25) is 0 Å². The topological polar surface area (TPSA) is 127 Å². The number of amides is 2. The highest BCUT2D eigenvalue weighted by Crippen LogP contribution is 2.30. The van der Waals surface area contributed by atoms with Crippen molar-refractivity contribution in [3.8, 4) is 0 Å². The van der Waals surface area contributed by atoms with Gasteiger partial charge in [0.25, 0.3) is 0 Å². The van der Waals surface area contributed by atoms with E-state index in [4.69, 9.17) is 10.5 Å². The van der Waals surface area contributed by atoms with Crippen LogP contribution in [0.15, 0.2) is 59.6 Å². The summed E-state index contributed by atoms with van der Waals surface area (Å²) in [6.45, 7) is 7.64. The van der Waals surface area contributed by atoms with Crippen molar-refractivity contribution in [3.05, 3.63) is 88.6 Å². The zero-order valence-electron chi connectivity index (χ0n) is 25.8. The Kier molecular flexibility index (Phi) is 10.7. The molecule has 0 radical (unpaired) electrons. The summed E-state index contributed by atoms with van der Waals surface area (Å²) in [5.41, 5.74) is 9.88. The molecule has 0 bridgehead atoms. The molecule has 2 unspecified atom stereocenters. The normalized spacial score (nSPS) is 13.1. The van der Waals surface area contributed by atoms with E-state index in [2.05, 4.69) is 15.6 Å². The molecule has 45 heavy (non-hydrogen) atoms. The molecular formula is C33H37F2N5O4S. The number of fused-ring (bicyclic) bond motifs is 1. The highest BCUT2D eigenvalue weighted by Gasteiger charge is 2.19. The summed E-state index contributed by atoms with van der Waals surface area (Å²) in [4.78, 5) is 29.0. The molecule has 4 rings (SSSR count). The largest absolute Gasteiger partial charge is 0.449 e. The van der Waals surface area contributed by atoms with Crippen LogP contribution in [-0.2, 0) is 26.9 Å². The molecule has 0 saturated heterocycles. The molecule has 0 aliphatic heterocycles. The number of ether oxygens (including phenoxy) is 1. The number of nitrogens with zero attached hydrogens (tertiary/aromatic N) is 2. The maximum absolute atomic E-state index is 14.9. The summed E-state index contributed by atoms with van der Waals surface area (Å²) in [6.07, 6.45) is 1.36. The Morgan fingerprint density at radius 2 is 1.84 bits per heavy atom. The number of carbonyl (C=O) groups is 2. The van der Waals surface area contributed by atoms with Gasteiger partial charge in [-0.15, -0.1) is 0 Å². The van der Waals surface area contributed by atoms with E-state index in [1.807, 2.05) is 45.0 Å². The van der Waals surface area contributed by atoms with Crippen molar-refractivity contribution < 1.29 is 27.3 Å². The van der Waals surface area contributed by atoms with Gasteiger partial charge in [-0.3, -0.25) is 14.3 Å². The molecule has 3 atom stereocenters. The number of nitrogens with two attached hydrogens (primary N) is 1. The molecule has 238 valence electrons. The molecule has 0 spiro atoms. The minimum absolute atomic E-state index is 0.00865. The van der Waals surface area contributed by atoms with Crippen LogP contribution in [-0.4, -0.2) is 46.0 Å². The van der Waals surface area contributed by atoms with Gasteiger partial charge in [0.05, 0.1) is 27.7 Å². The Bertz CT molecular complexity index is 1750. The fourth-order valence-electron chi connectivity index (χ4n) is 5.22. The van der Waals surface area contributed by atoms with Gasteiger partial charge in [-0.2, -0.15) is 0 Å². The Morgan fingerprint density at radius 3 is 2.53 bits per heavy atom. The lowest BCUT2D eigenvalue weighted by Crippen LogP contribution is -2.20. The standard InChI is InChI=1S/C33H37F2N5O4S/c1-6-45(43)31-24(16-40(5)18-41)13-26(15-29(31)35)39-33(42)44-17-20(3)27-8-7-22(11-19(27)2)21(4)38-25-12-23-9-10-37-32(36)30(23)28(34)14-25/h7-15,18,20-21,38H,6,16-17H2,1-5H3,(H2,36,37)(H,39,42)/t20?,21-,45?/m0/s1. The molecule has 1 heterocycles. The molecule has 12 heteroatoms. The van der Waals surface area contributed by atoms with Crippen LogP contribution in [0.25, 0.3) is 10.8 Å². The second-order valence-electron chi connectivity index (χ2n) is 11.0. The third-order valence-corrected chi connectivity index (χ3v) is 8.91. The predicted molar refractivity (Wildman–Crippen MR) is 174 cm³/mol. The lowest BCUT2D eigenvalue weighted by Gasteiger charge is -2.20. The van der Waals surface area contributed by atoms with Gasteiger partial charge in [0, 0.05) is 48.9 Å². The van der Waals surface area contributed by atoms with Gasteiger partial charge < -0.3 is 20.7 Å². The van der Waals surface area contributed by atoms with Crippen LogP contribution in [0, 0.1) is 18.6 Å². The molecule has 0 aliphatic carbocycles. The van der Waals surface area contributed by atoms with E-state index in [0.29, 0.717) is 28.4 Å². The minimum Gasteiger partial charge on any atom is -0.449 e. The SMILES string of the molecule is CCS(=O)c1c(F)cc(NC(=O)OCC(C)c2ccc([C@H](C)Nc3cc(F)c4c(N)nccc4c3)cc2C)cc1CN(C)C=O. The molecule has 3 aromatic carbocycles. The number of carbonyl (C=O) groups excluding carboxylic acids is 2. The number of hydrogen-bond acceptors (Lipinski definition) is 7. The number of rotatable bonds is 12. The van der Waals surface area contributed by atoms with Crippen LogP contribution >= 0.6 is 0 Å². The zero-order valence-corrected chi connectivity index (χ0v) is 26.6. The first kappa shape index (κ1) is 33.3. The second kappa shape index (κ2) is 14.5. The van der Waals surface area contributed by atoms with Gasteiger partial charge in [-0.05, 0) is 71.8 Å². The summed E-state index contributed by atoms with van der Waals surface area (Å²) >= 11 is 0. The number of nitrogens with one attached hydrogen (secondary N) is 2. The van der Waals surface area contributed by atoms with Crippen molar-refractivity contribution in [2.75, 3.05) is 35.8 Å². The van der Waals surface area contributed by atoms with Crippen molar-refractivity contribution >= 4 is 51.3 Å². The van der Waals surface area contributed by atoms with Crippen LogP contribution in [0.5, 0.6) is 0 Å². The highest BCUT2D eigenvalue weighted by molar-refractivity contribution is 7.85. The van der Waals surface area contributed by atoms with E-state index in [9.17, 15) is 22.6 Å². The van der Waals surface area contributed by atoms with Crippen LogP contribution < -0.4 is 16.4 Å². The first-order valence-electron chi connectivity index (χ1n) is 14.4. The van der Waals surface area contributed by atoms with Crippen LogP contribution in [0.3, 0.4) is 0 Å². The summed E-state index contributed by atoms with van der Waals surface area (Å²) in [5, 5.41) is 6.82. The molecule has 0 aliphatic rings. The van der Waals surface area contributed by atoms with E-state index in [0.717, 1.165) is 22.8 Å². The van der Waals surface area contributed by atoms with Crippen molar-refractivity contribution in [1.29, 1.82) is 0 Å². The molecule has 0 saturated carbocycles. The number of nitrogen functional groups attached to an aromatic ring is 1. The maximum atomic E-state index is 14.9. The lowest BCUT2D eigenvalue weighted by molar-refractivity contribution is -0.117. The number of aryl methyl sites for hydroxylation is 1. The lowest BCUT2D eigenvalue weighted by atomic mass is 9.93. The van der Waals surface area contributed by atoms with Gasteiger partial charge in [0.1, 0.15) is 17.5 Å². The molecule has 1 aromatic heterocycles. The Morgan fingerprint density at radius 1 is 1.11 bits per heavy atom. The average molecular weight is 638 g/mol. The summed E-state index contributed by atoms with van der Waals surface area (Å²) < 4.78 is 47.5. The highest BCUT2D eigenvalue weighted by atomic mass is 32.2. The first-order valence-corrected chi connectivity index (χ1v) is 15.7. The van der Waals surface area contributed by atoms with Gasteiger partial charge in [0.2, 0.25) is 6.41 Å². The number of hydrogen-bond donors (Lipinski definition) is 3. The minimum atomic E-state index is -1.60. The van der Waals surface area contributed by atoms with E-state index in [-0.39, 0.29) is 47.3 Å². The van der Waals surface area contributed by atoms with Crippen LogP contribution in [0.4, 0.5) is 30.8 Å². The van der Waals surface area contributed by atoms with E-state index >= 15 is 0 Å². The fraction of sp³-hybridized carbons (Fsp3) is 0.303. The average Bonchev–Trinajstić information content (AvgIpc) is 2.99. The van der Waals surface area contributed by atoms with Crippen molar-refractivity contribution in [2.45, 2.75) is 51.1 Å². The number of aromatic nitrogens is 1. The summed E-state index contributed by atoms with van der Waals surface area (Å²) in [6, 6.07) is 13.4. The summed E-state index contributed by atoms with van der Waals surface area (Å²) in [7, 11) is -0.0755. The van der Waals surface area contributed by atoms with Crippen molar-refractivity contribution in [1.82, 2.24) is 9.88 Å². The fourth-order valence-corrected chi connectivity index (χ4v) is 6.20. The Labute approximate surface area is 263 Å². The first-order chi connectivity index (χ1) is 21.4. The molecule has 9 nitrogen and oxygen atoms in total. The van der Waals surface area contributed by atoms with E-state index in [1.54, 1.807) is 19.2 Å². The Hall–Kier alpha value is -4.58. The van der Waals surface area contributed by atoms with Crippen molar-refractivity contribution in [3.63, 3.8) is 0 Å². The molecule has 2 amide bonds. The predicted octanol–water partition coefficient (Wildman–Crippen LogP) is 6.64. The van der Waals surface area contributed by atoms with E-state index < -0.39 is 28.5 Å². The van der Waals surface area contributed by atoms with Gasteiger partial charge >= 0.3 is 6.09 Å². The third kappa shape index (κ3) is 7.93. The molecular weight excluding hydrogens is 600 g/mol. The monoisotopic (exact) mass is 637 g/mol. The van der Waals surface area contributed by atoms with Crippen molar-refractivity contribution in [2.24, 2.45) is 0 Å². The second-order valence-corrected chi connectivity index (χ2v) is 12.6. The van der Waals surface area contributed by atoms with Crippen LogP contribution in [0.1, 0.15) is 55.0 Å². The number of benzene rings is 3. The molecule has 0 fully saturated rings. The van der Waals surface area contributed by atoms with Gasteiger partial charge in [-0.1, -0.05) is 32.0 Å². The van der Waals surface area contributed by atoms with Gasteiger partial charge in [0.15, 0.2) is 0 Å². The Balaban J connectivity index is 1.40. The smallest absolute Gasteiger partial charge is 0.411 e. The zero-order chi connectivity index (χ0) is 32.8. The number of halogens is 2. The quantitative estimate of drug-likeness (QED) is 0.149. The van der Waals surface area contributed by atoms with E-state index in [1.165, 1.54) is 24.1 Å². The molecule has 4 N–H and O–H groups in total.